The van der Waals surface area contributed by atoms with Crippen LogP contribution in [0.2, 0.25) is 0 Å². The molecule has 1 heterocycles. The Morgan fingerprint density at radius 1 is 0.543 bits per heavy atom. The van der Waals surface area contributed by atoms with Gasteiger partial charge in [0.15, 0.2) is 23.3 Å². The van der Waals surface area contributed by atoms with Crippen LogP contribution in [0.3, 0.4) is 0 Å². The Kier molecular flexibility index (Phi) is 4.38. The minimum atomic E-state index is -2.23. The minimum absolute atomic E-state index is 0.153. The smallest absolute Gasteiger partial charge is 0.200 e. The van der Waals surface area contributed by atoms with Gasteiger partial charge in [-0.15, -0.1) is 0 Å². The fourth-order valence-corrected chi connectivity index (χ4v) is 4.58. The Labute approximate surface area is 193 Å². The van der Waals surface area contributed by atoms with Crippen LogP contribution in [0.5, 0.6) is 0 Å². The SMILES string of the molecule is N=c1ccc2c(ccc3c(-c4c(F)c(F)c(F)c(F)c4F)c4ccc5cc(N)ccc5c4oc32)c1. The van der Waals surface area contributed by atoms with Crippen molar-refractivity contribution in [3.05, 3.63) is 95.1 Å². The zero-order valence-corrected chi connectivity index (χ0v) is 17.6. The fraction of sp³-hybridized carbons (Fsp3) is 0. The number of anilines is 1. The molecule has 35 heavy (non-hydrogen) atoms. The second-order valence-electron chi connectivity index (χ2n) is 8.22. The van der Waals surface area contributed by atoms with Gasteiger partial charge >= 0.3 is 0 Å². The van der Waals surface area contributed by atoms with E-state index in [1.165, 1.54) is 18.2 Å². The number of hydrogen-bond acceptors (Lipinski definition) is 3. The van der Waals surface area contributed by atoms with Gasteiger partial charge in [-0.1, -0.05) is 12.1 Å². The monoisotopic (exact) mass is 476 g/mol. The van der Waals surface area contributed by atoms with Gasteiger partial charge in [0, 0.05) is 32.8 Å². The molecule has 0 aliphatic carbocycles. The van der Waals surface area contributed by atoms with Gasteiger partial charge in [-0.25, -0.2) is 22.0 Å². The average Bonchev–Trinajstić information content (AvgIpc) is 2.85. The van der Waals surface area contributed by atoms with Crippen molar-refractivity contribution in [2.45, 2.75) is 0 Å². The van der Waals surface area contributed by atoms with Gasteiger partial charge in [-0.3, -0.25) is 0 Å². The molecule has 172 valence electrons. The highest BCUT2D eigenvalue weighted by Crippen LogP contribution is 2.44. The zero-order valence-electron chi connectivity index (χ0n) is 17.6. The van der Waals surface area contributed by atoms with Gasteiger partial charge in [-0.2, -0.15) is 0 Å². The molecule has 0 aliphatic heterocycles. The van der Waals surface area contributed by atoms with Gasteiger partial charge in [-0.05, 0) is 59.3 Å². The van der Waals surface area contributed by atoms with E-state index in [0.29, 0.717) is 27.2 Å². The van der Waals surface area contributed by atoms with E-state index >= 15 is 8.78 Å². The third-order valence-corrected chi connectivity index (χ3v) is 6.17. The normalized spacial score (nSPS) is 11.8. The predicted octanol–water partition coefficient (Wildman–Crippen LogP) is 7.32. The molecule has 6 rings (SSSR count). The van der Waals surface area contributed by atoms with Crippen LogP contribution in [0.4, 0.5) is 27.6 Å². The first-order chi connectivity index (χ1) is 16.8. The first-order valence-corrected chi connectivity index (χ1v) is 10.4. The third-order valence-electron chi connectivity index (χ3n) is 6.17. The summed E-state index contributed by atoms with van der Waals surface area (Å²) >= 11 is 0. The number of hydrogen-bond donors (Lipinski definition) is 2. The maximum atomic E-state index is 15.1. The lowest BCUT2D eigenvalue weighted by molar-refractivity contribution is 0.381. The lowest BCUT2D eigenvalue weighted by Crippen LogP contribution is -2.05. The van der Waals surface area contributed by atoms with Crippen LogP contribution in [0.1, 0.15) is 0 Å². The van der Waals surface area contributed by atoms with Crippen molar-refractivity contribution >= 4 is 49.2 Å². The molecule has 0 saturated carbocycles. The van der Waals surface area contributed by atoms with Gasteiger partial charge in [0.05, 0.1) is 10.9 Å². The molecule has 0 amide bonds. The van der Waals surface area contributed by atoms with Crippen LogP contribution in [0.15, 0.2) is 65.1 Å². The van der Waals surface area contributed by atoms with E-state index in [9.17, 15) is 13.2 Å². The van der Waals surface area contributed by atoms with E-state index in [0.717, 1.165) is 0 Å². The Balaban J connectivity index is 1.93. The summed E-state index contributed by atoms with van der Waals surface area (Å²) in [5.41, 5.74) is 5.50. The van der Waals surface area contributed by atoms with Crippen molar-refractivity contribution < 1.29 is 26.4 Å². The molecule has 0 atom stereocenters. The average molecular weight is 476 g/mol. The largest absolute Gasteiger partial charge is 0.455 e. The quantitative estimate of drug-likeness (QED) is 0.0652. The molecule has 0 fully saturated rings. The van der Waals surface area contributed by atoms with Crippen LogP contribution < -0.4 is 11.1 Å². The number of rotatable bonds is 1. The molecule has 0 spiro atoms. The number of fused-ring (bicyclic) bond motifs is 6. The maximum Gasteiger partial charge on any atom is 0.200 e. The number of halogens is 5. The second-order valence-corrected chi connectivity index (χ2v) is 8.22. The first kappa shape index (κ1) is 21.1. The summed E-state index contributed by atoms with van der Waals surface area (Å²) in [7, 11) is 0. The molecule has 0 unspecified atom stereocenters. The Morgan fingerprint density at radius 2 is 1.03 bits per heavy atom. The number of nitrogens with one attached hydrogen (secondary N) is 1. The van der Waals surface area contributed by atoms with Crippen molar-refractivity contribution in [2.75, 3.05) is 5.73 Å². The molecule has 3 N–H and O–H groups in total. The fourth-order valence-electron chi connectivity index (χ4n) is 4.58. The topological polar surface area (TPSA) is 63.0 Å². The molecular formula is C27H13F5N2O. The molecular weight excluding hydrogens is 463 g/mol. The van der Waals surface area contributed by atoms with Crippen LogP contribution >= 0.6 is 0 Å². The minimum Gasteiger partial charge on any atom is -0.455 e. The molecule has 5 aromatic carbocycles. The summed E-state index contributed by atoms with van der Waals surface area (Å²) in [6.45, 7) is 0. The van der Waals surface area contributed by atoms with Gasteiger partial charge in [0.1, 0.15) is 11.2 Å². The Bertz CT molecular complexity index is 1920. The van der Waals surface area contributed by atoms with E-state index in [4.69, 9.17) is 15.6 Å². The van der Waals surface area contributed by atoms with Crippen molar-refractivity contribution in [3.8, 4) is 11.1 Å². The molecule has 8 heteroatoms. The highest BCUT2D eigenvalue weighted by atomic mass is 19.2. The van der Waals surface area contributed by atoms with Crippen LogP contribution in [-0.4, -0.2) is 0 Å². The maximum absolute atomic E-state index is 15.1. The molecule has 3 nitrogen and oxygen atoms in total. The standard InChI is InChI=1S/C27H13F5N2O/c28-21-20(22(29)24(31)25(32)23(21)30)19-17-5-1-11-9-13(33)3-7-15(11)26(17)35-27-16-8-4-14(34)10-12(16)2-6-18(19)27/h1-10,33H,34H2. The van der Waals surface area contributed by atoms with Crippen LogP contribution in [0, 0.1) is 34.5 Å². The lowest BCUT2D eigenvalue weighted by atomic mass is 9.92. The van der Waals surface area contributed by atoms with Crippen molar-refractivity contribution in [3.63, 3.8) is 0 Å². The predicted molar refractivity (Wildman–Crippen MR) is 124 cm³/mol. The van der Waals surface area contributed by atoms with E-state index in [2.05, 4.69) is 0 Å². The van der Waals surface area contributed by atoms with E-state index in [1.807, 2.05) is 0 Å². The molecule has 6 aromatic rings. The van der Waals surface area contributed by atoms with Gasteiger partial charge in [0.2, 0.25) is 5.82 Å². The van der Waals surface area contributed by atoms with Gasteiger partial charge in [0.25, 0.3) is 0 Å². The second kappa shape index (κ2) is 7.27. The molecule has 1 aromatic heterocycles. The summed E-state index contributed by atoms with van der Waals surface area (Å²) < 4.78 is 78.8. The zero-order chi connectivity index (χ0) is 24.6. The molecule has 0 saturated heterocycles. The summed E-state index contributed by atoms with van der Waals surface area (Å²) in [5.74, 6) is -10.2. The lowest BCUT2D eigenvalue weighted by Gasteiger charge is -2.16. The van der Waals surface area contributed by atoms with Crippen LogP contribution in [-0.2, 0) is 0 Å². The van der Waals surface area contributed by atoms with E-state index in [-0.39, 0.29) is 32.9 Å². The Hall–Kier alpha value is -4.46. The summed E-state index contributed by atoms with van der Waals surface area (Å²) in [5, 5.41) is 10.8. The third kappa shape index (κ3) is 2.92. The van der Waals surface area contributed by atoms with E-state index < -0.39 is 34.6 Å². The summed E-state index contributed by atoms with van der Waals surface area (Å²) in [6.07, 6.45) is 0. The molecule has 0 radical (unpaired) electrons. The van der Waals surface area contributed by atoms with Crippen molar-refractivity contribution in [1.82, 2.24) is 0 Å². The van der Waals surface area contributed by atoms with Crippen molar-refractivity contribution in [1.29, 1.82) is 5.41 Å². The number of nitrogens with two attached hydrogens (primary N) is 1. The first-order valence-electron chi connectivity index (χ1n) is 10.4. The number of nitrogen functional groups attached to an aromatic ring is 1. The summed E-state index contributed by atoms with van der Waals surface area (Å²) in [4.78, 5) is 0. The molecule has 0 bridgehead atoms. The van der Waals surface area contributed by atoms with Crippen molar-refractivity contribution in [2.24, 2.45) is 0 Å². The van der Waals surface area contributed by atoms with Gasteiger partial charge < -0.3 is 15.6 Å². The molecule has 0 aliphatic rings. The summed E-state index contributed by atoms with van der Waals surface area (Å²) in [6, 6.07) is 15.9. The van der Waals surface area contributed by atoms with E-state index in [1.54, 1.807) is 42.5 Å². The Morgan fingerprint density at radius 3 is 1.63 bits per heavy atom. The number of benzene rings is 5. The highest BCUT2D eigenvalue weighted by molar-refractivity contribution is 6.19. The highest BCUT2D eigenvalue weighted by Gasteiger charge is 2.29. The van der Waals surface area contributed by atoms with Crippen LogP contribution in [0.25, 0.3) is 54.6 Å².